The molecular weight excluding hydrogens is 338 g/mol. The van der Waals surface area contributed by atoms with Crippen molar-refractivity contribution in [2.75, 3.05) is 20.6 Å². The summed E-state index contributed by atoms with van der Waals surface area (Å²) in [5, 5.41) is 7.13. The van der Waals surface area contributed by atoms with Crippen LogP contribution in [0.25, 0.3) is 0 Å². The molecule has 1 aliphatic carbocycles. The molecular formula is C18H30ClN5O. The first-order valence-corrected chi connectivity index (χ1v) is 9.39. The van der Waals surface area contributed by atoms with E-state index in [9.17, 15) is 4.79 Å². The molecule has 7 heteroatoms. The molecule has 0 atom stereocenters. The third-order valence-corrected chi connectivity index (χ3v) is 4.86. The molecule has 0 radical (unpaired) electrons. The fourth-order valence-electron chi connectivity index (χ4n) is 3.26. The molecule has 0 aliphatic heterocycles. The lowest BCUT2D eigenvalue weighted by Gasteiger charge is -2.24. The van der Waals surface area contributed by atoms with Crippen molar-refractivity contribution in [3.05, 3.63) is 23.0 Å². The van der Waals surface area contributed by atoms with Crippen molar-refractivity contribution in [1.82, 2.24) is 20.1 Å². The number of hydrogen-bond donors (Lipinski definition) is 2. The lowest BCUT2D eigenvalue weighted by Crippen LogP contribution is -2.42. The predicted octanol–water partition coefficient (Wildman–Crippen LogP) is 2.52. The number of carbonyl (C=O) groups excluding carboxylic acids is 1. The standard InChI is InChI=1S/C18H30ClN5O/c1-20-18(24(3)13-16-11-14(19)12-23(16)2)21-10-9-17(25)22-15-7-5-4-6-8-15/h11-12,15H,4-10,13H2,1-3H3,(H,20,21)(H,22,25). The SMILES string of the molecule is CN=C(NCCC(=O)NC1CCCCC1)N(C)Cc1cc(Cl)cn1C. The summed E-state index contributed by atoms with van der Waals surface area (Å²) in [6, 6.07) is 2.31. The Labute approximate surface area is 155 Å². The maximum Gasteiger partial charge on any atom is 0.221 e. The van der Waals surface area contributed by atoms with Crippen molar-refractivity contribution in [2.45, 2.75) is 51.1 Å². The van der Waals surface area contributed by atoms with Crippen molar-refractivity contribution in [2.24, 2.45) is 12.0 Å². The van der Waals surface area contributed by atoms with Crippen molar-refractivity contribution >= 4 is 23.5 Å². The number of rotatable bonds is 6. The molecule has 1 amide bonds. The maximum absolute atomic E-state index is 12.1. The van der Waals surface area contributed by atoms with Crippen molar-refractivity contribution in [3.63, 3.8) is 0 Å². The van der Waals surface area contributed by atoms with Crippen molar-refractivity contribution < 1.29 is 4.79 Å². The summed E-state index contributed by atoms with van der Waals surface area (Å²) in [6.07, 6.45) is 8.32. The van der Waals surface area contributed by atoms with Crippen LogP contribution in [0.4, 0.5) is 0 Å². The number of aromatic nitrogens is 1. The van der Waals surface area contributed by atoms with E-state index in [0.29, 0.717) is 25.6 Å². The minimum absolute atomic E-state index is 0.117. The molecule has 1 aliphatic rings. The first-order valence-electron chi connectivity index (χ1n) is 9.01. The lowest BCUT2D eigenvalue weighted by molar-refractivity contribution is -0.121. The topological polar surface area (TPSA) is 61.7 Å². The lowest BCUT2D eigenvalue weighted by atomic mass is 9.95. The Bertz CT molecular complexity index is 592. The number of hydrogen-bond acceptors (Lipinski definition) is 2. The van der Waals surface area contributed by atoms with Gasteiger partial charge in [0.1, 0.15) is 0 Å². The van der Waals surface area contributed by atoms with Gasteiger partial charge in [0.25, 0.3) is 0 Å². The number of nitrogens with zero attached hydrogens (tertiary/aromatic N) is 3. The van der Waals surface area contributed by atoms with Gasteiger partial charge in [-0.3, -0.25) is 9.79 Å². The van der Waals surface area contributed by atoms with Gasteiger partial charge in [-0.25, -0.2) is 0 Å². The van der Waals surface area contributed by atoms with Gasteiger partial charge in [0.15, 0.2) is 5.96 Å². The molecule has 140 valence electrons. The molecule has 6 nitrogen and oxygen atoms in total. The number of aliphatic imine (C=N–C) groups is 1. The van der Waals surface area contributed by atoms with Crippen LogP contribution in [-0.4, -0.2) is 48.0 Å². The van der Waals surface area contributed by atoms with E-state index in [2.05, 4.69) is 15.6 Å². The molecule has 1 saturated carbocycles. The third kappa shape index (κ3) is 6.27. The van der Waals surface area contributed by atoms with Crippen LogP contribution in [0.2, 0.25) is 5.02 Å². The quantitative estimate of drug-likeness (QED) is 0.600. The predicted molar refractivity (Wildman–Crippen MR) is 103 cm³/mol. The first-order chi connectivity index (χ1) is 12.0. The smallest absolute Gasteiger partial charge is 0.221 e. The molecule has 2 N–H and O–H groups in total. The molecule has 25 heavy (non-hydrogen) atoms. The van der Waals surface area contributed by atoms with E-state index in [1.165, 1.54) is 19.3 Å². The first kappa shape index (κ1) is 19.6. The zero-order valence-corrected chi connectivity index (χ0v) is 16.3. The highest BCUT2D eigenvalue weighted by Gasteiger charge is 2.16. The van der Waals surface area contributed by atoms with E-state index in [4.69, 9.17) is 11.6 Å². The van der Waals surface area contributed by atoms with Gasteiger partial charge in [-0.05, 0) is 18.9 Å². The van der Waals surface area contributed by atoms with Crippen molar-refractivity contribution in [3.8, 4) is 0 Å². The Morgan fingerprint density at radius 2 is 2.12 bits per heavy atom. The number of carbonyl (C=O) groups is 1. The highest BCUT2D eigenvalue weighted by atomic mass is 35.5. The van der Waals surface area contributed by atoms with E-state index in [-0.39, 0.29) is 5.91 Å². The fourth-order valence-corrected chi connectivity index (χ4v) is 3.53. The average molecular weight is 368 g/mol. The molecule has 0 saturated heterocycles. The van der Waals surface area contributed by atoms with E-state index in [1.54, 1.807) is 7.05 Å². The zero-order chi connectivity index (χ0) is 18.2. The minimum Gasteiger partial charge on any atom is -0.356 e. The van der Waals surface area contributed by atoms with Gasteiger partial charge >= 0.3 is 0 Å². The molecule has 2 rings (SSSR count). The van der Waals surface area contributed by atoms with E-state index >= 15 is 0 Å². The zero-order valence-electron chi connectivity index (χ0n) is 15.5. The second kappa shape index (κ2) is 9.70. The number of guanidine groups is 1. The Balaban J connectivity index is 1.73. The second-order valence-electron chi connectivity index (χ2n) is 6.74. The Hall–Kier alpha value is -1.69. The Kier molecular flexibility index (Phi) is 7.62. The minimum atomic E-state index is 0.117. The Morgan fingerprint density at radius 1 is 1.40 bits per heavy atom. The summed E-state index contributed by atoms with van der Waals surface area (Å²) in [6.45, 7) is 1.26. The monoisotopic (exact) mass is 367 g/mol. The second-order valence-corrected chi connectivity index (χ2v) is 7.18. The van der Waals surface area contributed by atoms with Gasteiger partial charge in [-0.1, -0.05) is 30.9 Å². The summed E-state index contributed by atoms with van der Waals surface area (Å²) < 4.78 is 2.00. The van der Waals surface area contributed by atoms with Crippen LogP contribution in [0.15, 0.2) is 17.3 Å². The number of halogens is 1. The third-order valence-electron chi connectivity index (χ3n) is 4.65. The summed E-state index contributed by atoms with van der Waals surface area (Å²) in [5.74, 6) is 0.884. The van der Waals surface area contributed by atoms with Gasteiger partial charge in [0.05, 0.1) is 11.6 Å². The van der Waals surface area contributed by atoms with Crippen LogP contribution in [0.5, 0.6) is 0 Å². The van der Waals surface area contributed by atoms with Crippen LogP contribution in [0, 0.1) is 0 Å². The van der Waals surface area contributed by atoms with Crippen LogP contribution >= 0.6 is 11.6 Å². The summed E-state index contributed by atoms with van der Waals surface area (Å²) >= 11 is 6.03. The molecule has 0 bridgehead atoms. The number of amides is 1. The highest BCUT2D eigenvalue weighted by Crippen LogP contribution is 2.17. The molecule has 1 heterocycles. The van der Waals surface area contributed by atoms with Crippen LogP contribution in [0.1, 0.15) is 44.2 Å². The van der Waals surface area contributed by atoms with Gasteiger partial charge in [-0.2, -0.15) is 0 Å². The largest absolute Gasteiger partial charge is 0.356 e. The molecule has 0 aromatic carbocycles. The molecule has 1 aromatic heterocycles. The normalized spacial score (nSPS) is 15.9. The molecule has 1 aromatic rings. The van der Waals surface area contributed by atoms with Gasteiger partial charge in [-0.15, -0.1) is 0 Å². The van der Waals surface area contributed by atoms with Crippen LogP contribution in [-0.2, 0) is 18.4 Å². The summed E-state index contributed by atoms with van der Waals surface area (Å²) in [5.41, 5.74) is 1.10. The van der Waals surface area contributed by atoms with Crippen molar-refractivity contribution in [1.29, 1.82) is 0 Å². The summed E-state index contributed by atoms with van der Waals surface area (Å²) in [4.78, 5) is 18.4. The van der Waals surface area contributed by atoms with Gasteiger partial charge in [0, 0.05) is 52.0 Å². The van der Waals surface area contributed by atoms with Gasteiger partial charge in [0.2, 0.25) is 5.91 Å². The molecule has 0 unspecified atom stereocenters. The van der Waals surface area contributed by atoms with Crippen LogP contribution < -0.4 is 10.6 Å². The average Bonchev–Trinajstić information content (AvgIpc) is 2.89. The maximum atomic E-state index is 12.1. The van der Waals surface area contributed by atoms with E-state index in [0.717, 1.165) is 29.5 Å². The van der Waals surface area contributed by atoms with E-state index in [1.807, 2.05) is 35.8 Å². The number of aryl methyl sites for hydroxylation is 1. The summed E-state index contributed by atoms with van der Waals surface area (Å²) in [7, 11) is 5.69. The van der Waals surface area contributed by atoms with Crippen LogP contribution in [0.3, 0.4) is 0 Å². The molecule has 0 spiro atoms. The fraction of sp³-hybridized carbons (Fsp3) is 0.667. The van der Waals surface area contributed by atoms with E-state index < -0.39 is 0 Å². The van der Waals surface area contributed by atoms with Gasteiger partial charge < -0.3 is 20.1 Å². The highest BCUT2D eigenvalue weighted by molar-refractivity contribution is 6.30. The Morgan fingerprint density at radius 3 is 2.72 bits per heavy atom. The molecule has 1 fully saturated rings. The number of nitrogens with one attached hydrogen (secondary N) is 2.